The second kappa shape index (κ2) is 5.76. The molecule has 1 heterocycles. The minimum Gasteiger partial charge on any atom is -0.308 e. The number of rotatable bonds is 4. The van der Waals surface area contributed by atoms with Crippen molar-refractivity contribution in [1.82, 2.24) is 10.3 Å². The van der Waals surface area contributed by atoms with Gasteiger partial charge in [-0.25, -0.2) is 0 Å². The highest BCUT2D eigenvalue weighted by Crippen LogP contribution is 2.37. The largest absolute Gasteiger partial charge is 0.308 e. The highest BCUT2D eigenvalue weighted by molar-refractivity contribution is 5.34. The Balaban J connectivity index is 1.92. The van der Waals surface area contributed by atoms with E-state index in [1.807, 2.05) is 20.0 Å². The van der Waals surface area contributed by atoms with Gasteiger partial charge in [0, 0.05) is 5.69 Å². The lowest BCUT2D eigenvalue weighted by atomic mass is 9.79. The van der Waals surface area contributed by atoms with E-state index >= 15 is 0 Å². The molecule has 0 bridgehead atoms. The minimum absolute atomic E-state index is 0.176. The zero-order valence-corrected chi connectivity index (χ0v) is 12.3. The van der Waals surface area contributed by atoms with E-state index in [1.54, 1.807) is 0 Å². The molecule has 1 unspecified atom stereocenters. The van der Waals surface area contributed by atoms with Crippen LogP contribution in [0.1, 0.15) is 53.7 Å². The van der Waals surface area contributed by atoms with E-state index in [0.29, 0.717) is 0 Å². The number of hydrogen-bond acceptors (Lipinski definition) is 2. The Kier molecular flexibility index (Phi) is 3.83. The molecule has 1 aliphatic carbocycles. The average molecular weight is 266 g/mol. The second-order valence-corrected chi connectivity index (χ2v) is 5.72. The first kappa shape index (κ1) is 13.3. The molecule has 1 N–H and O–H groups in total. The third kappa shape index (κ3) is 2.61. The predicted octanol–water partition coefficient (Wildman–Crippen LogP) is 3.97. The summed E-state index contributed by atoms with van der Waals surface area (Å²) in [4.78, 5) is 4.67. The molecule has 0 saturated heterocycles. The summed E-state index contributed by atoms with van der Waals surface area (Å²) < 4.78 is 0. The van der Waals surface area contributed by atoms with Gasteiger partial charge in [-0.15, -0.1) is 0 Å². The maximum atomic E-state index is 4.67. The number of nitrogens with one attached hydrogen (secondary N) is 1. The molecule has 1 aliphatic rings. The van der Waals surface area contributed by atoms with E-state index in [4.69, 9.17) is 0 Å². The Bertz CT molecular complexity index is 587. The fourth-order valence-electron chi connectivity index (χ4n) is 2.94. The lowest BCUT2D eigenvalue weighted by molar-refractivity contribution is 0.419. The summed E-state index contributed by atoms with van der Waals surface area (Å²) in [5.41, 5.74) is 4.97. The van der Waals surface area contributed by atoms with Crippen molar-refractivity contribution in [3.8, 4) is 0 Å². The van der Waals surface area contributed by atoms with Gasteiger partial charge in [-0.1, -0.05) is 36.8 Å². The fraction of sp³-hybridized carbons (Fsp3) is 0.389. The molecule has 1 saturated carbocycles. The Morgan fingerprint density at radius 3 is 2.60 bits per heavy atom. The molecule has 2 heteroatoms. The quantitative estimate of drug-likeness (QED) is 0.906. The molecular formula is C18H22N2. The van der Waals surface area contributed by atoms with Crippen molar-refractivity contribution in [2.75, 3.05) is 7.05 Å². The van der Waals surface area contributed by atoms with E-state index in [9.17, 15) is 0 Å². The smallest absolute Gasteiger partial charge is 0.0749 e. The van der Waals surface area contributed by atoms with Crippen LogP contribution >= 0.6 is 0 Å². The molecule has 104 valence electrons. The molecule has 1 aromatic heterocycles. The van der Waals surface area contributed by atoms with Gasteiger partial charge in [0.2, 0.25) is 0 Å². The highest BCUT2D eigenvalue weighted by atomic mass is 14.9. The number of pyridine rings is 1. The molecule has 1 atom stereocenters. The Morgan fingerprint density at radius 2 is 1.95 bits per heavy atom. The van der Waals surface area contributed by atoms with Gasteiger partial charge in [0.1, 0.15) is 0 Å². The van der Waals surface area contributed by atoms with E-state index in [0.717, 1.165) is 17.3 Å². The van der Waals surface area contributed by atoms with Crippen LogP contribution in [0.25, 0.3) is 0 Å². The summed E-state index contributed by atoms with van der Waals surface area (Å²) in [5, 5.41) is 3.40. The standard InChI is InChI=1S/C18H22N2/c1-13-6-3-11-17(20-13)18(19-2)16-10-5-9-15(12-16)14-7-4-8-14/h3,5-6,9-12,14,18-19H,4,7-8H2,1-2H3. The predicted molar refractivity (Wildman–Crippen MR) is 82.9 cm³/mol. The molecule has 2 aromatic rings. The van der Waals surface area contributed by atoms with E-state index < -0.39 is 0 Å². The fourth-order valence-corrected chi connectivity index (χ4v) is 2.94. The highest BCUT2D eigenvalue weighted by Gasteiger charge is 2.21. The van der Waals surface area contributed by atoms with Crippen LogP contribution in [-0.4, -0.2) is 12.0 Å². The van der Waals surface area contributed by atoms with Gasteiger partial charge in [0.05, 0.1) is 11.7 Å². The number of aryl methyl sites for hydroxylation is 1. The minimum atomic E-state index is 0.176. The van der Waals surface area contributed by atoms with Gasteiger partial charge in [0.15, 0.2) is 0 Å². The summed E-state index contributed by atoms with van der Waals surface area (Å²) in [6.45, 7) is 2.04. The van der Waals surface area contributed by atoms with Gasteiger partial charge in [-0.2, -0.15) is 0 Å². The van der Waals surface area contributed by atoms with Gasteiger partial charge in [-0.05, 0) is 56.0 Å². The van der Waals surface area contributed by atoms with Crippen LogP contribution in [0.4, 0.5) is 0 Å². The summed E-state index contributed by atoms with van der Waals surface area (Å²) in [6.07, 6.45) is 4.07. The molecule has 1 aromatic carbocycles. The molecule has 0 spiro atoms. The molecular weight excluding hydrogens is 244 g/mol. The van der Waals surface area contributed by atoms with Gasteiger partial charge in [0.25, 0.3) is 0 Å². The van der Waals surface area contributed by atoms with Gasteiger partial charge in [-0.3, -0.25) is 4.98 Å². The monoisotopic (exact) mass is 266 g/mol. The first-order valence-electron chi connectivity index (χ1n) is 7.48. The molecule has 3 rings (SSSR count). The van der Waals surface area contributed by atoms with Crippen molar-refractivity contribution >= 4 is 0 Å². The van der Waals surface area contributed by atoms with Gasteiger partial charge < -0.3 is 5.32 Å². The zero-order chi connectivity index (χ0) is 13.9. The summed E-state index contributed by atoms with van der Waals surface area (Å²) >= 11 is 0. The summed E-state index contributed by atoms with van der Waals surface area (Å²) in [5.74, 6) is 0.776. The maximum absolute atomic E-state index is 4.67. The molecule has 0 aliphatic heterocycles. The van der Waals surface area contributed by atoms with E-state index in [-0.39, 0.29) is 6.04 Å². The van der Waals surface area contributed by atoms with Crippen molar-refractivity contribution in [2.24, 2.45) is 0 Å². The van der Waals surface area contributed by atoms with Crippen molar-refractivity contribution in [3.05, 3.63) is 65.0 Å². The second-order valence-electron chi connectivity index (χ2n) is 5.72. The van der Waals surface area contributed by atoms with Crippen LogP contribution in [0, 0.1) is 6.92 Å². The van der Waals surface area contributed by atoms with E-state index in [1.165, 1.54) is 30.4 Å². The lowest BCUT2D eigenvalue weighted by Gasteiger charge is -2.27. The normalized spacial score (nSPS) is 16.7. The van der Waals surface area contributed by atoms with E-state index in [2.05, 4.69) is 46.7 Å². The zero-order valence-electron chi connectivity index (χ0n) is 12.3. The average Bonchev–Trinajstić information content (AvgIpc) is 2.38. The number of nitrogens with zero attached hydrogens (tertiary/aromatic N) is 1. The Hall–Kier alpha value is -1.67. The SMILES string of the molecule is CNC(c1cccc(C2CCC2)c1)c1cccc(C)n1. The van der Waals surface area contributed by atoms with Crippen LogP contribution in [0.2, 0.25) is 0 Å². The Morgan fingerprint density at radius 1 is 1.15 bits per heavy atom. The first-order chi connectivity index (χ1) is 9.78. The number of aromatic nitrogens is 1. The summed E-state index contributed by atoms with van der Waals surface area (Å²) in [6, 6.07) is 15.4. The number of hydrogen-bond donors (Lipinski definition) is 1. The summed E-state index contributed by atoms with van der Waals surface area (Å²) in [7, 11) is 2.00. The molecule has 20 heavy (non-hydrogen) atoms. The molecule has 1 fully saturated rings. The lowest BCUT2D eigenvalue weighted by Crippen LogP contribution is -2.19. The van der Waals surface area contributed by atoms with Crippen molar-refractivity contribution in [1.29, 1.82) is 0 Å². The number of benzene rings is 1. The maximum Gasteiger partial charge on any atom is 0.0749 e. The van der Waals surface area contributed by atoms with Crippen molar-refractivity contribution in [2.45, 2.75) is 38.1 Å². The molecule has 0 amide bonds. The van der Waals surface area contributed by atoms with Crippen LogP contribution in [0.15, 0.2) is 42.5 Å². The third-order valence-electron chi connectivity index (χ3n) is 4.31. The Labute approximate surface area is 121 Å². The van der Waals surface area contributed by atoms with Crippen LogP contribution < -0.4 is 5.32 Å². The van der Waals surface area contributed by atoms with Gasteiger partial charge >= 0.3 is 0 Å². The van der Waals surface area contributed by atoms with Crippen molar-refractivity contribution in [3.63, 3.8) is 0 Å². The van der Waals surface area contributed by atoms with Crippen molar-refractivity contribution < 1.29 is 0 Å². The molecule has 2 nitrogen and oxygen atoms in total. The molecule has 0 radical (unpaired) electrons. The topological polar surface area (TPSA) is 24.9 Å². The van der Waals surface area contributed by atoms with Crippen LogP contribution in [-0.2, 0) is 0 Å². The third-order valence-corrected chi connectivity index (χ3v) is 4.31. The van der Waals surface area contributed by atoms with Crippen LogP contribution in [0.5, 0.6) is 0 Å². The first-order valence-corrected chi connectivity index (χ1v) is 7.48. The van der Waals surface area contributed by atoms with Crippen LogP contribution in [0.3, 0.4) is 0 Å².